The van der Waals surface area contributed by atoms with E-state index in [9.17, 15) is 14.4 Å². The number of hydrogen-bond donors (Lipinski definition) is 1. The minimum atomic E-state index is -1.11. The molecule has 12 heteroatoms. The molecule has 3 heterocycles. The lowest BCUT2D eigenvalue weighted by Gasteiger charge is -2.24. The fraction of sp³-hybridized carbons (Fsp3) is 0.172. The molecule has 0 saturated carbocycles. The van der Waals surface area contributed by atoms with Crippen molar-refractivity contribution in [1.82, 2.24) is 4.57 Å². The van der Waals surface area contributed by atoms with Crippen molar-refractivity contribution >= 4 is 69.0 Å². The van der Waals surface area contributed by atoms with Crippen molar-refractivity contribution in [3.05, 3.63) is 105 Å². The zero-order valence-electron chi connectivity index (χ0n) is 21.8. The topological polar surface area (TPSA) is 116 Å². The summed E-state index contributed by atoms with van der Waals surface area (Å²) in [6.45, 7) is 1.40. The van der Waals surface area contributed by atoms with Gasteiger partial charge in [-0.05, 0) is 64.7 Å². The summed E-state index contributed by atoms with van der Waals surface area (Å²) in [6, 6.07) is 15.9. The highest BCUT2D eigenvalue weighted by molar-refractivity contribution is 14.1. The molecule has 1 aliphatic rings. The molecule has 0 fully saturated rings. The number of carboxylic acids is 1. The number of rotatable bonds is 9. The van der Waals surface area contributed by atoms with Crippen LogP contribution < -0.4 is 24.4 Å². The van der Waals surface area contributed by atoms with Crippen LogP contribution >= 0.6 is 45.3 Å². The zero-order valence-corrected chi connectivity index (χ0v) is 25.6. The average Bonchev–Trinajstić information content (AvgIpc) is 3.60. The van der Waals surface area contributed by atoms with Gasteiger partial charge in [0, 0.05) is 10.4 Å². The van der Waals surface area contributed by atoms with Gasteiger partial charge in [0.2, 0.25) is 0 Å². The molecule has 1 aliphatic heterocycles. The smallest absolute Gasteiger partial charge is 0.341 e. The third-order valence-corrected chi connectivity index (χ3v) is 8.78. The van der Waals surface area contributed by atoms with Crippen molar-refractivity contribution in [2.75, 3.05) is 20.3 Å². The number of hydrogen-bond acceptors (Lipinski definition) is 9. The maximum absolute atomic E-state index is 14.0. The van der Waals surface area contributed by atoms with Crippen LogP contribution in [0.4, 0.5) is 0 Å². The molecule has 1 atom stereocenters. The van der Waals surface area contributed by atoms with Gasteiger partial charge in [-0.15, -0.1) is 11.3 Å². The average molecular weight is 703 g/mol. The van der Waals surface area contributed by atoms with Gasteiger partial charge in [0.15, 0.2) is 22.9 Å². The third-order valence-electron chi connectivity index (χ3n) is 6.08. The van der Waals surface area contributed by atoms with Gasteiger partial charge in [0.1, 0.15) is 6.04 Å². The number of halogens is 1. The first kappa shape index (κ1) is 28.8. The van der Waals surface area contributed by atoms with Crippen LogP contribution in [-0.4, -0.2) is 41.9 Å². The van der Waals surface area contributed by atoms with Crippen LogP contribution in [-0.2, 0) is 14.3 Å². The highest BCUT2D eigenvalue weighted by Crippen LogP contribution is 2.37. The number of methoxy groups -OCH3 is 1. The van der Waals surface area contributed by atoms with E-state index in [1.807, 2.05) is 70.4 Å². The number of carbonyl (C=O) groups excluding carboxylic acids is 1. The first-order chi connectivity index (χ1) is 19.8. The Morgan fingerprint density at radius 2 is 1.95 bits per heavy atom. The van der Waals surface area contributed by atoms with Crippen LogP contribution in [0.5, 0.6) is 11.5 Å². The molecule has 2 aromatic heterocycles. The van der Waals surface area contributed by atoms with E-state index >= 15 is 0 Å². The minimum Gasteiger partial charge on any atom is -0.493 e. The molecule has 0 aliphatic carbocycles. The fourth-order valence-electron chi connectivity index (χ4n) is 4.40. The Labute approximate surface area is 255 Å². The van der Waals surface area contributed by atoms with Gasteiger partial charge in [-0.25, -0.2) is 14.6 Å². The van der Waals surface area contributed by atoms with Gasteiger partial charge >= 0.3 is 11.9 Å². The Hall–Kier alpha value is -3.75. The van der Waals surface area contributed by atoms with Gasteiger partial charge in [0.05, 0.1) is 33.1 Å². The number of esters is 1. The van der Waals surface area contributed by atoms with Crippen molar-refractivity contribution in [3.8, 4) is 11.5 Å². The quantitative estimate of drug-likeness (QED) is 0.207. The van der Waals surface area contributed by atoms with Gasteiger partial charge in [-0.3, -0.25) is 9.36 Å². The minimum absolute atomic E-state index is 0.179. The Kier molecular flexibility index (Phi) is 8.71. The number of benzene rings is 2. The van der Waals surface area contributed by atoms with E-state index in [0.29, 0.717) is 41.2 Å². The van der Waals surface area contributed by atoms with Crippen molar-refractivity contribution in [2.24, 2.45) is 4.99 Å². The molecular formula is C29H23IN2O7S2. The van der Waals surface area contributed by atoms with E-state index in [4.69, 9.17) is 24.3 Å². The van der Waals surface area contributed by atoms with E-state index in [1.165, 1.54) is 29.8 Å². The van der Waals surface area contributed by atoms with Crippen LogP contribution in [0.15, 0.2) is 75.3 Å². The molecular weight excluding hydrogens is 679 g/mol. The summed E-state index contributed by atoms with van der Waals surface area (Å²) in [5, 5.41) is 10.9. The van der Waals surface area contributed by atoms with Crippen molar-refractivity contribution in [3.63, 3.8) is 0 Å². The number of thiophene rings is 1. The van der Waals surface area contributed by atoms with E-state index in [-0.39, 0.29) is 12.2 Å². The van der Waals surface area contributed by atoms with E-state index < -0.39 is 24.6 Å². The summed E-state index contributed by atoms with van der Waals surface area (Å²) >= 11 is 4.69. The maximum atomic E-state index is 14.0. The van der Waals surface area contributed by atoms with E-state index in [0.717, 1.165) is 10.4 Å². The predicted molar refractivity (Wildman–Crippen MR) is 164 cm³/mol. The second kappa shape index (κ2) is 12.4. The molecule has 9 nitrogen and oxygen atoms in total. The summed E-state index contributed by atoms with van der Waals surface area (Å²) in [4.78, 5) is 44.5. The molecule has 0 bridgehead atoms. The fourth-order valence-corrected chi connectivity index (χ4v) is 7.01. The molecule has 210 valence electrons. The standard InChI is InChI=1S/C29H23IN2O7S2/c1-3-38-28(36)23-24(17-8-5-4-6-9-17)31-29-32(25(23)20-10-7-11-40-20)27(35)21(41-29)14-16-12-18(30)26(19(13-16)37-2)39-15-22(33)34/h4-14,25H,3,15H2,1-2H3,(H,33,34)/b21-14-/t25-/m1/s1. The summed E-state index contributed by atoms with van der Waals surface area (Å²) in [7, 11) is 1.46. The highest BCUT2D eigenvalue weighted by atomic mass is 127. The molecule has 0 saturated heterocycles. The van der Waals surface area contributed by atoms with Crippen LogP contribution in [0, 0.1) is 3.57 Å². The number of carboxylic acid groups (broad SMARTS) is 1. The third kappa shape index (κ3) is 5.85. The van der Waals surface area contributed by atoms with Crippen LogP contribution in [0.2, 0.25) is 0 Å². The summed E-state index contributed by atoms with van der Waals surface area (Å²) < 4.78 is 18.9. The molecule has 0 spiro atoms. The van der Waals surface area contributed by atoms with Crippen molar-refractivity contribution < 1.29 is 28.9 Å². The largest absolute Gasteiger partial charge is 0.493 e. The maximum Gasteiger partial charge on any atom is 0.341 e. The number of nitrogens with zero attached hydrogens (tertiary/aromatic N) is 2. The number of thiazole rings is 1. The highest BCUT2D eigenvalue weighted by Gasteiger charge is 2.35. The number of fused-ring (bicyclic) bond motifs is 1. The monoisotopic (exact) mass is 702 g/mol. The number of aromatic nitrogens is 1. The second-order valence-electron chi connectivity index (χ2n) is 8.66. The Bertz CT molecular complexity index is 1830. The van der Waals surface area contributed by atoms with E-state index in [2.05, 4.69) is 0 Å². The molecule has 0 amide bonds. The zero-order chi connectivity index (χ0) is 29.1. The summed E-state index contributed by atoms with van der Waals surface area (Å²) in [6.07, 6.45) is 1.72. The molecule has 4 aromatic rings. The lowest BCUT2D eigenvalue weighted by molar-refractivity contribution is -0.140. The van der Waals surface area contributed by atoms with Gasteiger partial charge in [-0.1, -0.05) is 47.7 Å². The Morgan fingerprint density at radius 1 is 1.17 bits per heavy atom. The van der Waals surface area contributed by atoms with E-state index in [1.54, 1.807) is 29.7 Å². The van der Waals surface area contributed by atoms with Gasteiger partial charge < -0.3 is 19.3 Å². The van der Waals surface area contributed by atoms with Crippen molar-refractivity contribution in [2.45, 2.75) is 13.0 Å². The SMILES string of the molecule is CCOC(=O)C1=C(c2ccccc2)N=c2s/c(=C\c3cc(I)c(OCC(=O)O)c(OC)c3)c(=O)n2[C@@H]1c1cccs1. The van der Waals surface area contributed by atoms with Gasteiger partial charge in [-0.2, -0.15) is 0 Å². The molecule has 41 heavy (non-hydrogen) atoms. The first-order valence-electron chi connectivity index (χ1n) is 12.4. The number of ether oxygens (including phenoxy) is 3. The first-order valence-corrected chi connectivity index (χ1v) is 15.1. The normalized spacial score (nSPS) is 14.8. The molecule has 5 rings (SSSR count). The molecule has 1 N–H and O–H groups in total. The predicted octanol–water partition coefficient (Wildman–Crippen LogP) is 4.07. The van der Waals surface area contributed by atoms with Crippen LogP contribution in [0.25, 0.3) is 11.8 Å². The van der Waals surface area contributed by atoms with Crippen LogP contribution in [0.1, 0.15) is 29.0 Å². The second-order valence-corrected chi connectivity index (χ2v) is 11.8. The Morgan fingerprint density at radius 3 is 2.61 bits per heavy atom. The summed E-state index contributed by atoms with van der Waals surface area (Å²) in [5.41, 5.74) is 1.86. The van der Waals surface area contributed by atoms with Gasteiger partial charge in [0.25, 0.3) is 5.56 Å². The lowest BCUT2D eigenvalue weighted by atomic mass is 9.97. The number of carbonyl (C=O) groups is 2. The van der Waals surface area contributed by atoms with Crippen LogP contribution in [0.3, 0.4) is 0 Å². The lowest BCUT2D eigenvalue weighted by Crippen LogP contribution is -2.39. The molecule has 2 aromatic carbocycles. The summed E-state index contributed by atoms with van der Waals surface area (Å²) in [5.74, 6) is -0.993. The Balaban J connectivity index is 1.72. The number of aliphatic carboxylic acids is 1. The molecule has 0 unspecified atom stereocenters. The van der Waals surface area contributed by atoms with Crippen molar-refractivity contribution in [1.29, 1.82) is 0 Å². The molecule has 0 radical (unpaired) electrons.